The van der Waals surface area contributed by atoms with Gasteiger partial charge in [0.2, 0.25) is 0 Å². The van der Waals surface area contributed by atoms with E-state index < -0.39 is 0 Å². The van der Waals surface area contributed by atoms with Crippen LogP contribution in [0.1, 0.15) is 47.2 Å². The number of aryl methyl sites for hydroxylation is 2. The van der Waals surface area contributed by atoms with Crippen LogP contribution in [0.3, 0.4) is 0 Å². The van der Waals surface area contributed by atoms with Crippen LogP contribution in [-0.2, 0) is 0 Å². The van der Waals surface area contributed by atoms with Gasteiger partial charge in [-0.1, -0.05) is 31.5 Å². The maximum atomic E-state index is 12.7. The predicted molar refractivity (Wildman–Crippen MR) is 100 cm³/mol. The molecular weight excluding hydrogens is 312 g/mol. The van der Waals surface area contributed by atoms with Crippen LogP contribution in [0.25, 0.3) is 0 Å². The van der Waals surface area contributed by atoms with E-state index in [1.54, 1.807) is 0 Å². The van der Waals surface area contributed by atoms with Crippen molar-refractivity contribution in [3.8, 4) is 0 Å². The number of rotatable bonds is 3. The van der Waals surface area contributed by atoms with Gasteiger partial charge in [-0.2, -0.15) is 0 Å². The molecule has 0 bridgehead atoms. The summed E-state index contributed by atoms with van der Waals surface area (Å²) in [4.78, 5) is 26.1. The van der Waals surface area contributed by atoms with Crippen LogP contribution in [0.15, 0.2) is 30.3 Å². The molecule has 1 aromatic carbocycles. The van der Waals surface area contributed by atoms with E-state index in [1.807, 2.05) is 49.1 Å². The number of aromatic nitrogens is 2. The summed E-state index contributed by atoms with van der Waals surface area (Å²) >= 11 is 0. The van der Waals surface area contributed by atoms with Crippen molar-refractivity contribution in [1.29, 1.82) is 0 Å². The fraction of sp³-hybridized carbons (Fsp3) is 0.450. The molecular formula is C20H26N4O. The minimum absolute atomic E-state index is 0.116. The highest BCUT2D eigenvalue weighted by molar-refractivity contribution is 5.94. The van der Waals surface area contributed by atoms with Crippen molar-refractivity contribution in [2.24, 2.45) is 0 Å². The van der Waals surface area contributed by atoms with Crippen LogP contribution >= 0.6 is 0 Å². The minimum Gasteiger partial charge on any atom is -0.353 e. The standard InChI is InChI=1S/C20H26N4O/c1-14(2)19-21-16(4)13-18(22-19)23-8-10-24(11-9-23)20(25)17-7-5-6-15(3)12-17/h5-7,12-14H,8-11H2,1-4H3. The summed E-state index contributed by atoms with van der Waals surface area (Å²) in [7, 11) is 0. The summed E-state index contributed by atoms with van der Waals surface area (Å²) in [6.07, 6.45) is 0. The number of amides is 1. The van der Waals surface area contributed by atoms with Crippen molar-refractivity contribution in [3.05, 3.63) is 53.0 Å². The summed E-state index contributed by atoms with van der Waals surface area (Å²) in [5.74, 6) is 2.28. The fourth-order valence-electron chi connectivity index (χ4n) is 3.09. The molecule has 2 aromatic rings. The molecule has 0 radical (unpaired) electrons. The molecule has 0 aliphatic carbocycles. The Bertz CT molecular complexity index is 764. The molecule has 5 nitrogen and oxygen atoms in total. The number of nitrogens with zero attached hydrogens (tertiary/aromatic N) is 4. The number of hydrogen-bond acceptors (Lipinski definition) is 4. The lowest BCUT2D eigenvalue weighted by Gasteiger charge is -2.35. The van der Waals surface area contributed by atoms with E-state index >= 15 is 0 Å². The second-order valence-electron chi connectivity index (χ2n) is 7.03. The van der Waals surface area contributed by atoms with Gasteiger partial charge in [0.15, 0.2) is 0 Å². The zero-order valence-corrected chi connectivity index (χ0v) is 15.5. The highest BCUT2D eigenvalue weighted by atomic mass is 16.2. The Balaban J connectivity index is 1.69. The van der Waals surface area contributed by atoms with Crippen LogP contribution in [0.4, 0.5) is 5.82 Å². The number of piperazine rings is 1. The van der Waals surface area contributed by atoms with E-state index in [4.69, 9.17) is 4.98 Å². The van der Waals surface area contributed by atoms with Gasteiger partial charge in [0.25, 0.3) is 5.91 Å². The van der Waals surface area contributed by atoms with Crippen LogP contribution in [-0.4, -0.2) is 47.0 Å². The molecule has 1 fully saturated rings. The SMILES string of the molecule is Cc1cccc(C(=O)N2CCN(c3cc(C)nc(C(C)C)n3)CC2)c1. The monoisotopic (exact) mass is 338 g/mol. The molecule has 0 unspecified atom stereocenters. The average Bonchev–Trinajstić information content (AvgIpc) is 2.60. The summed E-state index contributed by atoms with van der Waals surface area (Å²) in [6, 6.07) is 9.83. The van der Waals surface area contributed by atoms with Gasteiger partial charge in [-0.05, 0) is 26.0 Å². The number of anilines is 1. The van der Waals surface area contributed by atoms with Gasteiger partial charge in [-0.15, -0.1) is 0 Å². The third-order valence-corrected chi connectivity index (χ3v) is 4.53. The lowest BCUT2D eigenvalue weighted by atomic mass is 10.1. The molecule has 0 saturated carbocycles. The van der Waals surface area contributed by atoms with Crippen molar-refractivity contribution in [2.75, 3.05) is 31.1 Å². The molecule has 0 atom stereocenters. The quantitative estimate of drug-likeness (QED) is 0.862. The van der Waals surface area contributed by atoms with Crippen molar-refractivity contribution < 1.29 is 4.79 Å². The van der Waals surface area contributed by atoms with Crippen molar-refractivity contribution >= 4 is 11.7 Å². The van der Waals surface area contributed by atoms with Crippen molar-refractivity contribution in [2.45, 2.75) is 33.6 Å². The first-order valence-corrected chi connectivity index (χ1v) is 8.90. The van der Waals surface area contributed by atoms with E-state index in [-0.39, 0.29) is 5.91 Å². The Morgan fingerprint density at radius 2 is 1.76 bits per heavy atom. The molecule has 1 aliphatic heterocycles. The molecule has 2 heterocycles. The van der Waals surface area contributed by atoms with Gasteiger partial charge in [0, 0.05) is 49.4 Å². The number of carbonyl (C=O) groups excluding carboxylic acids is 1. The van der Waals surface area contributed by atoms with Gasteiger partial charge in [-0.25, -0.2) is 9.97 Å². The van der Waals surface area contributed by atoms with E-state index in [1.165, 1.54) is 0 Å². The Morgan fingerprint density at radius 1 is 1.04 bits per heavy atom. The van der Waals surface area contributed by atoms with Crippen LogP contribution < -0.4 is 4.90 Å². The number of benzene rings is 1. The zero-order valence-electron chi connectivity index (χ0n) is 15.5. The first kappa shape index (κ1) is 17.4. The second kappa shape index (κ2) is 7.21. The van der Waals surface area contributed by atoms with E-state index in [0.29, 0.717) is 19.0 Å². The highest BCUT2D eigenvalue weighted by Gasteiger charge is 2.23. The average molecular weight is 338 g/mol. The van der Waals surface area contributed by atoms with Crippen LogP contribution in [0.2, 0.25) is 0 Å². The maximum Gasteiger partial charge on any atom is 0.253 e. The van der Waals surface area contributed by atoms with E-state index in [0.717, 1.165) is 41.6 Å². The van der Waals surface area contributed by atoms with Gasteiger partial charge in [-0.3, -0.25) is 4.79 Å². The zero-order chi connectivity index (χ0) is 18.0. The smallest absolute Gasteiger partial charge is 0.253 e. The number of hydrogen-bond donors (Lipinski definition) is 0. The number of carbonyl (C=O) groups is 1. The lowest BCUT2D eigenvalue weighted by molar-refractivity contribution is 0.0746. The van der Waals surface area contributed by atoms with E-state index in [9.17, 15) is 4.79 Å². The van der Waals surface area contributed by atoms with Crippen molar-refractivity contribution in [3.63, 3.8) is 0 Å². The van der Waals surface area contributed by atoms with Crippen LogP contribution in [0.5, 0.6) is 0 Å². The van der Waals surface area contributed by atoms with Crippen molar-refractivity contribution in [1.82, 2.24) is 14.9 Å². The minimum atomic E-state index is 0.116. The molecule has 1 aromatic heterocycles. The maximum absolute atomic E-state index is 12.7. The molecule has 1 aliphatic rings. The summed E-state index contributed by atoms with van der Waals surface area (Å²) in [5.41, 5.74) is 2.88. The Morgan fingerprint density at radius 3 is 2.40 bits per heavy atom. The largest absolute Gasteiger partial charge is 0.353 e. The van der Waals surface area contributed by atoms with Gasteiger partial charge < -0.3 is 9.80 Å². The molecule has 25 heavy (non-hydrogen) atoms. The summed E-state index contributed by atoms with van der Waals surface area (Å²) < 4.78 is 0. The third-order valence-electron chi connectivity index (χ3n) is 4.53. The molecule has 1 amide bonds. The second-order valence-corrected chi connectivity index (χ2v) is 7.03. The summed E-state index contributed by atoms with van der Waals surface area (Å²) in [5, 5.41) is 0. The molecule has 132 valence electrons. The first-order chi connectivity index (χ1) is 11.9. The Hall–Kier alpha value is -2.43. The fourth-order valence-corrected chi connectivity index (χ4v) is 3.09. The summed E-state index contributed by atoms with van der Waals surface area (Å²) in [6.45, 7) is 11.3. The Kier molecular flexibility index (Phi) is 5.02. The molecule has 0 spiro atoms. The normalized spacial score (nSPS) is 14.9. The van der Waals surface area contributed by atoms with E-state index in [2.05, 4.69) is 23.7 Å². The highest BCUT2D eigenvalue weighted by Crippen LogP contribution is 2.19. The van der Waals surface area contributed by atoms with Gasteiger partial charge >= 0.3 is 0 Å². The first-order valence-electron chi connectivity index (χ1n) is 8.90. The molecule has 0 N–H and O–H groups in total. The molecule has 5 heteroatoms. The topological polar surface area (TPSA) is 49.3 Å². The predicted octanol–water partition coefficient (Wildman–Crippen LogP) is 3.18. The van der Waals surface area contributed by atoms with Gasteiger partial charge in [0.1, 0.15) is 11.6 Å². The molecule has 3 rings (SSSR count). The Labute approximate surface area is 149 Å². The van der Waals surface area contributed by atoms with Crippen LogP contribution in [0, 0.1) is 13.8 Å². The lowest BCUT2D eigenvalue weighted by Crippen LogP contribution is -2.49. The third kappa shape index (κ3) is 3.98. The van der Waals surface area contributed by atoms with Gasteiger partial charge in [0.05, 0.1) is 0 Å². The molecule has 1 saturated heterocycles.